The lowest BCUT2D eigenvalue weighted by Crippen LogP contribution is -2.24. The molecule has 0 bridgehead atoms. The van der Waals surface area contributed by atoms with Gasteiger partial charge in [-0.2, -0.15) is 0 Å². The minimum atomic E-state index is 0. The van der Waals surface area contributed by atoms with Crippen LogP contribution in [0, 0.1) is 0 Å². The van der Waals surface area contributed by atoms with Crippen molar-refractivity contribution in [1.29, 1.82) is 0 Å². The SMILES string of the molecule is CONC1=NCCCC1.Cl. The third-order valence-corrected chi connectivity index (χ3v) is 1.34. The molecule has 1 aliphatic heterocycles. The van der Waals surface area contributed by atoms with Gasteiger partial charge in [-0.15, -0.1) is 12.4 Å². The molecule has 0 spiro atoms. The molecule has 0 fully saturated rings. The number of hydrogen-bond acceptors (Lipinski definition) is 3. The summed E-state index contributed by atoms with van der Waals surface area (Å²) in [5.41, 5.74) is 2.73. The summed E-state index contributed by atoms with van der Waals surface area (Å²) >= 11 is 0. The van der Waals surface area contributed by atoms with E-state index in [1.54, 1.807) is 7.11 Å². The lowest BCUT2D eigenvalue weighted by atomic mass is 10.2. The number of nitrogens with zero attached hydrogens (tertiary/aromatic N) is 1. The highest BCUT2D eigenvalue weighted by Crippen LogP contribution is 2.03. The second-order valence-electron chi connectivity index (χ2n) is 2.09. The number of rotatable bonds is 1. The standard InChI is InChI=1S/C6H12N2O.ClH/c1-9-8-6-4-2-3-5-7-6;/h2-5H2,1H3,(H,7,8);1H. The quantitative estimate of drug-likeness (QED) is 0.590. The van der Waals surface area contributed by atoms with Crippen LogP contribution in [0.3, 0.4) is 0 Å². The molecule has 1 rings (SSSR count). The Kier molecular flexibility index (Phi) is 5.35. The Labute approximate surface area is 67.2 Å². The second-order valence-corrected chi connectivity index (χ2v) is 2.09. The summed E-state index contributed by atoms with van der Waals surface area (Å²) in [5.74, 6) is 0.990. The summed E-state index contributed by atoms with van der Waals surface area (Å²) in [6.45, 7) is 0.950. The first-order valence-corrected chi connectivity index (χ1v) is 3.26. The Balaban J connectivity index is 0.000000810. The molecule has 0 saturated carbocycles. The fraction of sp³-hybridized carbons (Fsp3) is 0.833. The molecule has 0 aliphatic carbocycles. The normalized spacial score (nSPS) is 17.1. The van der Waals surface area contributed by atoms with Crippen LogP contribution in [0.4, 0.5) is 0 Å². The zero-order valence-corrected chi connectivity index (χ0v) is 6.91. The number of nitrogens with one attached hydrogen (secondary N) is 1. The van der Waals surface area contributed by atoms with E-state index in [2.05, 4.69) is 10.5 Å². The summed E-state index contributed by atoms with van der Waals surface area (Å²) in [7, 11) is 1.61. The highest BCUT2D eigenvalue weighted by atomic mass is 35.5. The second kappa shape index (κ2) is 5.50. The molecule has 0 unspecified atom stereocenters. The Bertz CT molecular complexity index is 116. The Hall–Kier alpha value is -0.280. The van der Waals surface area contributed by atoms with E-state index >= 15 is 0 Å². The molecular formula is C6H13ClN2O. The lowest BCUT2D eigenvalue weighted by Gasteiger charge is -2.10. The molecule has 0 aromatic heterocycles. The van der Waals surface area contributed by atoms with Crippen LogP contribution in [0.1, 0.15) is 19.3 Å². The zero-order chi connectivity index (χ0) is 6.53. The largest absolute Gasteiger partial charge is 0.278 e. The highest BCUT2D eigenvalue weighted by molar-refractivity contribution is 5.85. The molecule has 1 N–H and O–H groups in total. The maximum atomic E-state index is 4.70. The minimum absolute atomic E-state index is 0. The average Bonchev–Trinajstić information content (AvgIpc) is 1.91. The van der Waals surface area contributed by atoms with Crippen LogP contribution in [0.15, 0.2) is 4.99 Å². The van der Waals surface area contributed by atoms with E-state index in [-0.39, 0.29) is 12.4 Å². The number of hydrogen-bond donors (Lipinski definition) is 1. The zero-order valence-electron chi connectivity index (χ0n) is 6.09. The van der Waals surface area contributed by atoms with Crippen molar-refractivity contribution in [2.45, 2.75) is 19.3 Å². The van der Waals surface area contributed by atoms with Crippen molar-refractivity contribution in [3.8, 4) is 0 Å². The van der Waals surface area contributed by atoms with E-state index in [1.807, 2.05) is 0 Å². The number of amidine groups is 1. The van der Waals surface area contributed by atoms with E-state index in [0.29, 0.717) is 0 Å². The smallest absolute Gasteiger partial charge is 0.120 e. The van der Waals surface area contributed by atoms with Gasteiger partial charge < -0.3 is 0 Å². The molecule has 10 heavy (non-hydrogen) atoms. The fourth-order valence-corrected chi connectivity index (χ4v) is 0.898. The molecule has 0 aromatic carbocycles. The lowest BCUT2D eigenvalue weighted by molar-refractivity contribution is 0.141. The van der Waals surface area contributed by atoms with Crippen molar-refractivity contribution in [3.63, 3.8) is 0 Å². The molecular weight excluding hydrogens is 152 g/mol. The first-order valence-electron chi connectivity index (χ1n) is 3.26. The predicted octanol–water partition coefficient (Wildman–Crippen LogP) is 1.14. The number of halogens is 1. The van der Waals surface area contributed by atoms with Crippen LogP contribution in [0.2, 0.25) is 0 Å². The van der Waals surface area contributed by atoms with Crippen molar-refractivity contribution < 1.29 is 4.84 Å². The fourth-order valence-electron chi connectivity index (χ4n) is 0.898. The van der Waals surface area contributed by atoms with Gasteiger partial charge in [0.2, 0.25) is 0 Å². The third kappa shape index (κ3) is 3.03. The monoisotopic (exact) mass is 164 g/mol. The Morgan fingerprint density at radius 2 is 2.30 bits per heavy atom. The summed E-state index contributed by atoms with van der Waals surface area (Å²) in [6.07, 6.45) is 3.48. The van der Waals surface area contributed by atoms with Crippen LogP contribution in [0.5, 0.6) is 0 Å². The van der Waals surface area contributed by atoms with Crippen molar-refractivity contribution in [1.82, 2.24) is 5.48 Å². The van der Waals surface area contributed by atoms with Gasteiger partial charge in [-0.25, -0.2) is 0 Å². The van der Waals surface area contributed by atoms with Gasteiger partial charge in [-0.05, 0) is 12.8 Å². The van der Waals surface area contributed by atoms with Gasteiger partial charge >= 0.3 is 0 Å². The molecule has 0 saturated heterocycles. The van der Waals surface area contributed by atoms with Crippen molar-refractivity contribution >= 4 is 18.2 Å². The van der Waals surface area contributed by atoms with Crippen LogP contribution in [0.25, 0.3) is 0 Å². The molecule has 4 heteroatoms. The maximum Gasteiger partial charge on any atom is 0.120 e. The van der Waals surface area contributed by atoms with Gasteiger partial charge in [0.25, 0.3) is 0 Å². The van der Waals surface area contributed by atoms with E-state index in [0.717, 1.165) is 18.8 Å². The predicted molar refractivity (Wildman–Crippen MR) is 43.5 cm³/mol. The topological polar surface area (TPSA) is 33.6 Å². The van der Waals surface area contributed by atoms with Gasteiger partial charge in [0.15, 0.2) is 0 Å². The van der Waals surface area contributed by atoms with Gasteiger partial charge in [-0.1, -0.05) is 0 Å². The highest BCUT2D eigenvalue weighted by Gasteiger charge is 2.02. The van der Waals surface area contributed by atoms with E-state index in [4.69, 9.17) is 4.84 Å². The van der Waals surface area contributed by atoms with Gasteiger partial charge in [-0.3, -0.25) is 15.3 Å². The van der Waals surface area contributed by atoms with E-state index in [9.17, 15) is 0 Å². The van der Waals surface area contributed by atoms with E-state index in [1.165, 1.54) is 12.8 Å². The molecule has 0 aromatic rings. The summed E-state index contributed by atoms with van der Waals surface area (Å²) in [4.78, 5) is 8.90. The molecule has 60 valence electrons. The molecule has 1 heterocycles. The Morgan fingerprint density at radius 1 is 1.50 bits per heavy atom. The summed E-state index contributed by atoms with van der Waals surface area (Å²) in [6, 6.07) is 0. The van der Waals surface area contributed by atoms with Crippen LogP contribution in [-0.2, 0) is 4.84 Å². The number of aliphatic imine (C=N–C) groups is 1. The summed E-state index contributed by atoms with van der Waals surface area (Å²) < 4.78 is 0. The maximum absolute atomic E-state index is 4.70. The first kappa shape index (κ1) is 9.72. The Morgan fingerprint density at radius 3 is 2.80 bits per heavy atom. The molecule has 3 nitrogen and oxygen atoms in total. The first-order chi connectivity index (χ1) is 4.43. The molecule has 1 aliphatic rings. The average molecular weight is 165 g/mol. The molecule has 0 radical (unpaired) electrons. The van der Waals surface area contributed by atoms with Crippen molar-refractivity contribution in [2.75, 3.05) is 13.7 Å². The summed E-state index contributed by atoms with van der Waals surface area (Å²) in [5, 5.41) is 0. The van der Waals surface area contributed by atoms with Crippen molar-refractivity contribution in [2.24, 2.45) is 4.99 Å². The third-order valence-electron chi connectivity index (χ3n) is 1.34. The number of hydroxylamine groups is 1. The van der Waals surface area contributed by atoms with Crippen LogP contribution >= 0.6 is 12.4 Å². The van der Waals surface area contributed by atoms with Gasteiger partial charge in [0, 0.05) is 13.0 Å². The molecule has 0 amide bonds. The van der Waals surface area contributed by atoms with Gasteiger partial charge in [0.1, 0.15) is 5.84 Å². The minimum Gasteiger partial charge on any atom is -0.278 e. The molecule has 0 atom stereocenters. The van der Waals surface area contributed by atoms with Crippen molar-refractivity contribution in [3.05, 3.63) is 0 Å². The van der Waals surface area contributed by atoms with Crippen LogP contribution < -0.4 is 5.48 Å². The van der Waals surface area contributed by atoms with E-state index < -0.39 is 0 Å². The van der Waals surface area contributed by atoms with Crippen LogP contribution in [-0.4, -0.2) is 19.5 Å². The van der Waals surface area contributed by atoms with Gasteiger partial charge in [0.05, 0.1) is 7.11 Å².